The zero-order valence-electron chi connectivity index (χ0n) is 11.6. The van der Waals surface area contributed by atoms with E-state index in [0.29, 0.717) is 11.8 Å². The van der Waals surface area contributed by atoms with Crippen molar-refractivity contribution in [3.63, 3.8) is 0 Å². The Morgan fingerprint density at radius 3 is 2.40 bits per heavy atom. The topological polar surface area (TPSA) is 99.3 Å². The maximum atomic E-state index is 12.2. The number of carboxylic acid groups (broad SMARTS) is 1. The number of hydrogen-bond donors (Lipinski definition) is 3. The van der Waals surface area contributed by atoms with Gasteiger partial charge in [-0.1, -0.05) is 13.8 Å². The molecule has 1 heterocycles. The zero-order chi connectivity index (χ0) is 14.9. The van der Waals surface area contributed by atoms with Crippen molar-refractivity contribution in [3.8, 4) is 0 Å². The van der Waals surface area contributed by atoms with Crippen molar-refractivity contribution in [1.82, 2.24) is 9.71 Å². The Morgan fingerprint density at radius 2 is 1.90 bits per heavy atom. The molecular weight excluding hydrogens is 280 g/mol. The fourth-order valence-corrected chi connectivity index (χ4v) is 4.24. The molecule has 1 aromatic rings. The fourth-order valence-electron chi connectivity index (χ4n) is 2.98. The van der Waals surface area contributed by atoms with Gasteiger partial charge in [0.05, 0.1) is 0 Å². The van der Waals surface area contributed by atoms with Gasteiger partial charge in [-0.05, 0) is 37.2 Å². The molecule has 7 heteroatoms. The lowest BCUT2D eigenvalue weighted by Gasteiger charge is -2.31. The molecule has 0 saturated heterocycles. The van der Waals surface area contributed by atoms with Crippen LogP contribution in [0.3, 0.4) is 0 Å². The number of aromatic carboxylic acids is 1. The van der Waals surface area contributed by atoms with Crippen molar-refractivity contribution in [1.29, 1.82) is 0 Å². The van der Waals surface area contributed by atoms with Crippen molar-refractivity contribution < 1.29 is 18.3 Å². The summed E-state index contributed by atoms with van der Waals surface area (Å²) >= 11 is 0. The van der Waals surface area contributed by atoms with Crippen molar-refractivity contribution in [2.45, 2.75) is 44.0 Å². The highest BCUT2D eigenvalue weighted by atomic mass is 32.2. The number of carbonyl (C=O) groups is 1. The van der Waals surface area contributed by atoms with E-state index in [4.69, 9.17) is 5.11 Å². The van der Waals surface area contributed by atoms with Crippen LogP contribution in [-0.4, -0.2) is 30.5 Å². The molecule has 20 heavy (non-hydrogen) atoms. The highest BCUT2D eigenvalue weighted by Gasteiger charge is 2.28. The molecule has 2 rings (SSSR count). The molecule has 1 fully saturated rings. The first-order valence-electron chi connectivity index (χ1n) is 6.72. The molecule has 0 bridgehead atoms. The predicted molar refractivity (Wildman–Crippen MR) is 74.0 cm³/mol. The summed E-state index contributed by atoms with van der Waals surface area (Å²) in [5, 5.41) is 8.81. The lowest BCUT2D eigenvalue weighted by molar-refractivity contribution is 0.0691. The molecule has 112 valence electrons. The van der Waals surface area contributed by atoms with E-state index in [1.807, 2.05) is 0 Å². The largest absolute Gasteiger partial charge is 0.477 e. The van der Waals surface area contributed by atoms with Crippen LogP contribution in [0.2, 0.25) is 0 Å². The van der Waals surface area contributed by atoms with Gasteiger partial charge in [0.1, 0.15) is 10.6 Å². The van der Waals surface area contributed by atoms with E-state index in [1.165, 1.54) is 6.20 Å². The van der Waals surface area contributed by atoms with Gasteiger partial charge in [0.25, 0.3) is 0 Å². The minimum Gasteiger partial charge on any atom is -0.477 e. The third-order valence-electron chi connectivity index (χ3n) is 3.70. The van der Waals surface area contributed by atoms with Gasteiger partial charge in [0.15, 0.2) is 0 Å². The Kier molecular flexibility index (Phi) is 4.19. The number of hydrogen-bond acceptors (Lipinski definition) is 3. The molecule has 0 aromatic carbocycles. The summed E-state index contributed by atoms with van der Waals surface area (Å²) in [6.07, 6.45) is 3.96. The lowest BCUT2D eigenvalue weighted by atomic mass is 9.81. The Hall–Kier alpha value is -1.34. The molecule has 1 aliphatic carbocycles. The summed E-state index contributed by atoms with van der Waals surface area (Å²) < 4.78 is 27.1. The second-order valence-corrected chi connectivity index (χ2v) is 7.50. The van der Waals surface area contributed by atoms with Crippen molar-refractivity contribution in [2.24, 2.45) is 11.8 Å². The summed E-state index contributed by atoms with van der Waals surface area (Å²) in [5.41, 5.74) is -0.129. The molecule has 0 amide bonds. The van der Waals surface area contributed by atoms with Crippen LogP contribution in [0.15, 0.2) is 17.2 Å². The minimum absolute atomic E-state index is 0.0271. The number of sulfonamides is 1. The maximum Gasteiger partial charge on any atom is 0.352 e. The van der Waals surface area contributed by atoms with Gasteiger partial charge in [-0.25, -0.2) is 17.9 Å². The molecule has 6 nitrogen and oxygen atoms in total. The van der Waals surface area contributed by atoms with Gasteiger partial charge in [0, 0.05) is 12.2 Å². The Balaban J connectivity index is 2.12. The summed E-state index contributed by atoms with van der Waals surface area (Å²) in [7, 11) is -3.66. The lowest BCUT2D eigenvalue weighted by Crippen LogP contribution is -2.39. The van der Waals surface area contributed by atoms with Crippen LogP contribution in [0, 0.1) is 11.8 Å². The van der Waals surface area contributed by atoms with E-state index < -0.39 is 16.0 Å². The quantitative estimate of drug-likeness (QED) is 0.789. The van der Waals surface area contributed by atoms with E-state index in [2.05, 4.69) is 23.6 Å². The fraction of sp³-hybridized carbons (Fsp3) is 0.615. The maximum absolute atomic E-state index is 12.2. The normalized spacial score (nSPS) is 27.4. The molecule has 1 saturated carbocycles. The van der Waals surface area contributed by atoms with E-state index in [0.717, 1.165) is 25.3 Å². The SMILES string of the molecule is CC1CC(C)CC(NS(=O)(=O)c2c[nH]c(C(=O)O)c2)C1. The smallest absolute Gasteiger partial charge is 0.352 e. The van der Waals surface area contributed by atoms with Crippen molar-refractivity contribution >= 4 is 16.0 Å². The van der Waals surface area contributed by atoms with Crippen LogP contribution in [0.4, 0.5) is 0 Å². The second-order valence-electron chi connectivity index (χ2n) is 5.79. The first-order valence-corrected chi connectivity index (χ1v) is 8.20. The average Bonchev–Trinajstić information content (AvgIpc) is 2.76. The van der Waals surface area contributed by atoms with E-state index in [9.17, 15) is 13.2 Å². The van der Waals surface area contributed by atoms with Gasteiger partial charge in [0.2, 0.25) is 10.0 Å². The van der Waals surface area contributed by atoms with Gasteiger partial charge in [-0.2, -0.15) is 0 Å². The third kappa shape index (κ3) is 3.40. The Bertz CT molecular complexity index is 583. The molecule has 1 aromatic heterocycles. The number of H-pyrrole nitrogens is 1. The number of aromatic amines is 1. The van der Waals surface area contributed by atoms with Gasteiger partial charge in [-0.15, -0.1) is 0 Å². The highest BCUT2D eigenvalue weighted by Crippen LogP contribution is 2.29. The predicted octanol–water partition coefficient (Wildman–Crippen LogP) is 1.82. The molecule has 0 radical (unpaired) electrons. The van der Waals surface area contributed by atoms with Crippen molar-refractivity contribution in [2.75, 3.05) is 0 Å². The molecule has 3 N–H and O–H groups in total. The molecule has 2 unspecified atom stereocenters. The minimum atomic E-state index is -3.66. The molecule has 1 aliphatic rings. The summed E-state index contributed by atoms with van der Waals surface area (Å²) in [6.45, 7) is 4.24. The van der Waals surface area contributed by atoms with Gasteiger partial charge < -0.3 is 10.1 Å². The van der Waals surface area contributed by atoms with Crippen LogP contribution in [0.1, 0.15) is 43.6 Å². The molecular formula is C13H20N2O4S. The average molecular weight is 300 g/mol. The molecule has 0 spiro atoms. The standard InChI is InChI=1S/C13H20N2O4S/c1-8-3-9(2)5-10(4-8)15-20(18,19)11-6-12(13(16)17)14-7-11/h6-10,14-15H,3-5H2,1-2H3,(H,16,17). The Morgan fingerprint density at radius 1 is 1.30 bits per heavy atom. The monoisotopic (exact) mass is 300 g/mol. The molecule has 2 atom stereocenters. The van der Waals surface area contributed by atoms with E-state index in [1.54, 1.807) is 0 Å². The van der Waals surface area contributed by atoms with Gasteiger partial charge in [-0.3, -0.25) is 0 Å². The first-order chi connectivity index (χ1) is 9.28. The van der Waals surface area contributed by atoms with Crippen molar-refractivity contribution in [3.05, 3.63) is 18.0 Å². The first kappa shape index (κ1) is 15.1. The Labute approximate surface area is 118 Å². The number of rotatable bonds is 4. The van der Waals surface area contributed by atoms with Crippen LogP contribution in [0.25, 0.3) is 0 Å². The van der Waals surface area contributed by atoms with Crippen LogP contribution >= 0.6 is 0 Å². The van der Waals surface area contributed by atoms with E-state index >= 15 is 0 Å². The summed E-state index contributed by atoms with van der Waals surface area (Å²) in [4.78, 5) is 13.2. The summed E-state index contributed by atoms with van der Waals surface area (Å²) in [5.74, 6) is -0.189. The van der Waals surface area contributed by atoms with Crippen LogP contribution in [-0.2, 0) is 10.0 Å². The summed E-state index contributed by atoms with van der Waals surface area (Å²) in [6, 6.07) is 1.06. The number of nitrogens with one attached hydrogen (secondary N) is 2. The second kappa shape index (κ2) is 5.57. The number of carboxylic acids is 1. The van der Waals surface area contributed by atoms with Gasteiger partial charge >= 0.3 is 5.97 Å². The molecule has 0 aliphatic heterocycles. The highest BCUT2D eigenvalue weighted by molar-refractivity contribution is 7.89. The van der Waals surface area contributed by atoms with Crippen LogP contribution in [0.5, 0.6) is 0 Å². The number of aromatic nitrogens is 1. The van der Waals surface area contributed by atoms with Crippen LogP contribution < -0.4 is 4.72 Å². The third-order valence-corrected chi connectivity index (χ3v) is 5.20. The zero-order valence-corrected chi connectivity index (χ0v) is 12.4. The van der Waals surface area contributed by atoms with E-state index in [-0.39, 0.29) is 16.6 Å².